The predicted molar refractivity (Wildman–Crippen MR) is 140 cm³/mol. The van der Waals surface area contributed by atoms with Crippen LogP contribution >= 0.6 is 0 Å². The second kappa shape index (κ2) is 8.67. The van der Waals surface area contributed by atoms with E-state index in [1.54, 1.807) is 0 Å². The Morgan fingerprint density at radius 2 is 1.59 bits per heavy atom. The number of fused-ring (bicyclic) bond motifs is 4. The van der Waals surface area contributed by atoms with E-state index in [1.165, 1.54) is 5.57 Å². The van der Waals surface area contributed by atoms with Gasteiger partial charge in [0.05, 0.1) is 23.0 Å². The van der Waals surface area contributed by atoms with Crippen LogP contribution in [0.2, 0.25) is 0 Å². The maximum absolute atomic E-state index is 13.0. The van der Waals surface area contributed by atoms with Crippen molar-refractivity contribution in [3.63, 3.8) is 0 Å². The highest BCUT2D eigenvalue weighted by atomic mass is 16.6. The van der Waals surface area contributed by atoms with Crippen molar-refractivity contribution in [2.45, 2.75) is 111 Å². The van der Waals surface area contributed by atoms with Crippen molar-refractivity contribution >= 4 is 11.9 Å². The molecule has 0 aromatic heterocycles. The zero-order chi connectivity index (χ0) is 27.2. The zero-order valence-corrected chi connectivity index (χ0v) is 23.8. The van der Waals surface area contributed by atoms with Crippen LogP contribution in [0.3, 0.4) is 0 Å². The molecule has 5 rings (SSSR count). The summed E-state index contributed by atoms with van der Waals surface area (Å²) in [5.74, 6) is -0.720. The van der Waals surface area contributed by atoms with Gasteiger partial charge in [-0.2, -0.15) is 0 Å². The summed E-state index contributed by atoms with van der Waals surface area (Å²) in [6.07, 6.45) is 4.80. The van der Waals surface area contributed by atoms with Crippen LogP contribution in [-0.4, -0.2) is 45.6 Å². The lowest BCUT2D eigenvalue weighted by Crippen LogP contribution is -2.55. The number of hydrogen-bond acceptors (Lipinski definition) is 6. The average Bonchev–Trinajstić information content (AvgIpc) is 3.29. The molecule has 2 N–H and O–H groups in total. The zero-order valence-electron chi connectivity index (χ0n) is 23.8. The molecule has 0 radical (unpaired) electrons. The molecule has 2 unspecified atom stereocenters. The van der Waals surface area contributed by atoms with Gasteiger partial charge in [-0.15, -0.1) is 0 Å². The number of esters is 2. The topological polar surface area (TPSA) is 93.1 Å². The number of ether oxygens (including phenoxy) is 2. The highest BCUT2D eigenvalue weighted by Crippen LogP contribution is 2.66. The molecular formula is C31H46O6. The van der Waals surface area contributed by atoms with Crippen molar-refractivity contribution < 1.29 is 29.3 Å². The number of aliphatic hydroxyl groups is 2. The molecule has 5 aliphatic rings. The summed E-state index contributed by atoms with van der Waals surface area (Å²) in [7, 11) is 0. The molecule has 3 aliphatic carbocycles. The molecule has 4 fully saturated rings. The van der Waals surface area contributed by atoms with E-state index in [0.717, 1.165) is 24.0 Å². The molecule has 2 heterocycles. The smallest absolute Gasteiger partial charge is 0.309 e. The number of hydrogen-bond donors (Lipinski definition) is 2. The molecule has 0 aromatic carbocycles. The van der Waals surface area contributed by atoms with Gasteiger partial charge >= 0.3 is 11.9 Å². The molecule has 12 atom stereocenters. The summed E-state index contributed by atoms with van der Waals surface area (Å²) in [4.78, 5) is 25.6. The third-order valence-corrected chi connectivity index (χ3v) is 11.5. The Bertz CT molecular complexity index is 1050. The first-order valence-electron chi connectivity index (χ1n) is 14.4. The molecular weight excluding hydrogens is 468 g/mol. The van der Waals surface area contributed by atoms with E-state index in [0.29, 0.717) is 19.3 Å². The van der Waals surface area contributed by atoms with Gasteiger partial charge in [-0.3, -0.25) is 9.59 Å². The van der Waals surface area contributed by atoms with Crippen molar-refractivity contribution in [2.24, 2.45) is 46.8 Å². The number of carbonyl (C=O) groups is 2. The third kappa shape index (κ3) is 3.79. The number of carbonyl (C=O) groups excluding carboxylic acids is 2. The summed E-state index contributed by atoms with van der Waals surface area (Å²) in [5.41, 5.74) is 0.890. The minimum Gasteiger partial charge on any atom is -0.461 e. The average molecular weight is 515 g/mol. The summed E-state index contributed by atoms with van der Waals surface area (Å²) in [5, 5.41) is 23.3. The molecule has 37 heavy (non-hydrogen) atoms. The quantitative estimate of drug-likeness (QED) is 0.399. The lowest BCUT2D eigenvalue weighted by molar-refractivity contribution is -0.157. The Morgan fingerprint density at radius 3 is 2.27 bits per heavy atom. The molecule has 2 aliphatic heterocycles. The highest BCUT2D eigenvalue weighted by Gasteiger charge is 2.67. The van der Waals surface area contributed by atoms with Crippen LogP contribution in [-0.2, 0) is 19.1 Å². The van der Waals surface area contributed by atoms with Gasteiger partial charge in [-0.05, 0) is 70.8 Å². The Kier molecular flexibility index (Phi) is 6.31. The van der Waals surface area contributed by atoms with Gasteiger partial charge in [-0.25, -0.2) is 0 Å². The molecule has 0 aromatic rings. The van der Waals surface area contributed by atoms with Gasteiger partial charge in [0.25, 0.3) is 0 Å². The molecule has 2 saturated heterocycles. The van der Waals surface area contributed by atoms with E-state index in [-0.39, 0.29) is 65.6 Å². The van der Waals surface area contributed by atoms with Crippen LogP contribution in [0.15, 0.2) is 22.8 Å². The maximum Gasteiger partial charge on any atom is 0.309 e. The van der Waals surface area contributed by atoms with Crippen molar-refractivity contribution in [1.82, 2.24) is 0 Å². The van der Waals surface area contributed by atoms with E-state index in [1.807, 2.05) is 27.7 Å². The third-order valence-electron chi connectivity index (χ3n) is 11.5. The molecule has 0 bridgehead atoms. The van der Waals surface area contributed by atoms with E-state index in [9.17, 15) is 19.8 Å². The highest BCUT2D eigenvalue weighted by molar-refractivity contribution is 5.76. The first kappa shape index (κ1) is 26.9. The van der Waals surface area contributed by atoms with Gasteiger partial charge in [0, 0.05) is 29.6 Å². The van der Waals surface area contributed by atoms with Crippen molar-refractivity contribution in [3.8, 4) is 0 Å². The fraction of sp³-hybridized carbons (Fsp3) is 0.806. The monoisotopic (exact) mass is 514 g/mol. The minimum atomic E-state index is -0.921. The van der Waals surface area contributed by atoms with Crippen molar-refractivity contribution in [2.75, 3.05) is 0 Å². The maximum atomic E-state index is 13.0. The Morgan fingerprint density at radius 1 is 1.00 bits per heavy atom. The number of allylic oxidation sites excluding steroid dienone is 2. The first-order valence-corrected chi connectivity index (χ1v) is 14.4. The predicted octanol–water partition coefficient (Wildman–Crippen LogP) is 4.97. The lowest BCUT2D eigenvalue weighted by atomic mass is 9.54. The van der Waals surface area contributed by atoms with Crippen LogP contribution < -0.4 is 0 Å². The van der Waals surface area contributed by atoms with E-state index in [2.05, 4.69) is 33.8 Å². The first-order chi connectivity index (χ1) is 17.1. The van der Waals surface area contributed by atoms with Crippen LogP contribution in [0, 0.1) is 46.8 Å². The molecule has 6 nitrogen and oxygen atoms in total. The van der Waals surface area contributed by atoms with E-state index in [4.69, 9.17) is 9.47 Å². The van der Waals surface area contributed by atoms with Gasteiger partial charge in [0.2, 0.25) is 0 Å². The van der Waals surface area contributed by atoms with Crippen LogP contribution in [0.5, 0.6) is 0 Å². The largest absolute Gasteiger partial charge is 0.461 e. The fourth-order valence-corrected chi connectivity index (χ4v) is 9.44. The Labute approximate surface area is 221 Å². The van der Waals surface area contributed by atoms with Crippen LogP contribution in [0.25, 0.3) is 0 Å². The van der Waals surface area contributed by atoms with Gasteiger partial charge in [0.15, 0.2) is 0 Å². The normalized spacial score (nSPS) is 51.7. The standard InChI is InChI=1S/C31H46O6/c1-15-13-16(2)31(25(15)30(8,35)12-10-22-19(5)28(33)37-26(22)31)20(6)17(3)23-14-29(7,34)11-9-21-18(4)27(32)36-24(21)23/h13,15,18-22,24-26,34-35H,9-12,14H2,1-8H3/b23-17+/t15-,18?,19-,20+,21?,22-,24-,25-,26-,29-,30-,31+/m0/s1. The van der Waals surface area contributed by atoms with E-state index < -0.39 is 16.6 Å². The van der Waals surface area contributed by atoms with Crippen molar-refractivity contribution in [3.05, 3.63) is 22.8 Å². The fourth-order valence-electron chi connectivity index (χ4n) is 9.44. The molecule has 206 valence electrons. The molecule has 0 amide bonds. The summed E-state index contributed by atoms with van der Waals surface area (Å²) >= 11 is 0. The second-order valence-electron chi connectivity index (χ2n) is 13.8. The Hall–Kier alpha value is -1.66. The molecule has 6 heteroatoms. The number of rotatable bonds is 2. The van der Waals surface area contributed by atoms with Crippen molar-refractivity contribution in [1.29, 1.82) is 0 Å². The lowest BCUT2D eigenvalue weighted by Gasteiger charge is -2.51. The van der Waals surface area contributed by atoms with Gasteiger partial charge < -0.3 is 19.7 Å². The summed E-state index contributed by atoms with van der Waals surface area (Å²) < 4.78 is 12.3. The van der Waals surface area contributed by atoms with Gasteiger partial charge in [0.1, 0.15) is 12.2 Å². The Balaban J connectivity index is 1.70. The van der Waals surface area contributed by atoms with Crippen LogP contribution in [0.1, 0.15) is 87.5 Å². The molecule has 2 saturated carbocycles. The second-order valence-corrected chi connectivity index (χ2v) is 13.8. The molecule has 0 spiro atoms. The minimum absolute atomic E-state index is 0.0344. The van der Waals surface area contributed by atoms with Gasteiger partial charge in [-0.1, -0.05) is 44.9 Å². The summed E-state index contributed by atoms with van der Waals surface area (Å²) in [6.45, 7) is 16.4. The SMILES string of the molecule is CC1=C[C@H](C)[C@@H]2[C@@]1([C@H](C)/C(C)=C1\C[C@@](C)(O)CCC3C(C)C(=O)O[C@H]13)[C@H]1OC(=O)[C@@H](C)[C@@H]1CC[C@]2(C)O. The van der Waals surface area contributed by atoms with E-state index >= 15 is 0 Å². The summed E-state index contributed by atoms with van der Waals surface area (Å²) in [6, 6.07) is 0. The van der Waals surface area contributed by atoms with Crippen LogP contribution in [0.4, 0.5) is 0 Å².